The zero-order valence-corrected chi connectivity index (χ0v) is 13.2. The molecule has 0 aromatic heterocycles. The lowest BCUT2D eigenvalue weighted by atomic mass is 9.90. The van der Waals surface area contributed by atoms with Crippen LogP contribution in [-0.4, -0.2) is 43.1 Å². The maximum absolute atomic E-state index is 12.1. The molecule has 120 valence electrons. The fraction of sp³-hybridized carbons (Fsp3) is 0.529. The highest BCUT2D eigenvalue weighted by molar-refractivity contribution is 5.85. The molecule has 1 atom stereocenters. The van der Waals surface area contributed by atoms with Crippen molar-refractivity contribution in [3.8, 4) is 0 Å². The summed E-state index contributed by atoms with van der Waals surface area (Å²) in [7, 11) is 1.54. The van der Waals surface area contributed by atoms with Crippen molar-refractivity contribution in [3.63, 3.8) is 0 Å². The second kappa shape index (κ2) is 7.94. The van der Waals surface area contributed by atoms with Crippen LogP contribution in [0.15, 0.2) is 30.3 Å². The minimum atomic E-state index is -0.374. The van der Waals surface area contributed by atoms with Gasteiger partial charge in [-0.25, -0.2) is 4.79 Å². The zero-order valence-electron chi connectivity index (χ0n) is 13.2. The molecule has 5 nitrogen and oxygen atoms in total. The van der Waals surface area contributed by atoms with Gasteiger partial charge in [0.05, 0.1) is 0 Å². The molecule has 1 fully saturated rings. The van der Waals surface area contributed by atoms with E-state index in [1.54, 1.807) is 18.9 Å². The molecule has 1 aliphatic rings. The van der Waals surface area contributed by atoms with Gasteiger partial charge in [-0.3, -0.25) is 4.79 Å². The average molecular weight is 305 g/mol. The van der Waals surface area contributed by atoms with Gasteiger partial charge in [0, 0.05) is 26.1 Å². The maximum Gasteiger partial charge on any atom is 0.410 e. The summed E-state index contributed by atoms with van der Waals surface area (Å²) in [4.78, 5) is 25.8. The molecule has 1 aromatic carbocycles. The van der Waals surface area contributed by atoms with Crippen LogP contribution in [0.4, 0.5) is 4.79 Å². The fourth-order valence-electron chi connectivity index (χ4n) is 2.61. The lowest BCUT2D eigenvalue weighted by Gasteiger charge is -2.31. The third-order valence-corrected chi connectivity index (χ3v) is 4.11. The van der Waals surface area contributed by atoms with Crippen LogP contribution in [0.5, 0.6) is 0 Å². The Bertz CT molecular complexity index is 495. The van der Waals surface area contributed by atoms with Crippen molar-refractivity contribution < 1.29 is 19.1 Å². The van der Waals surface area contributed by atoms with E-state index in [0.717, 1.165) is 5.56 Å². The Kier molecular flexibility index (Phi) is 5.95. The summed E-state index contributed by atoms with van der Waals surface area (Å²) >= 11 is 0. The third kappa shape index (κ3) is 4.31. The molecule has 1 amide bonds. The van der Waals surface area contributed by atoms with Crippen LogP contribution >= 0.6 is 0 Å². The van der Waals surface area contributed by atoms with E-state index < -0.39 is 0 Å². The molecular weight excluding hydrogens is 282 g/mol. The molecule has 1 unspecified atom stereocenters. The van der Waals surface area contributed by atoms with Crippen LogP contribution in [0.3, 0.4) is 0 Å². The number of carbonyl (C=O) groups excluding carboxylic acids is 2. The van der Waals surface area contributed by atoms with Crippen molar-refractivity contribution in [1.29, 1.82) is 0 Å². The van der Waals surface area contributed by atoms with E-state index in [2.05, 4.69) is 0 Å². The first-order valence-electron chi connectivity index (χ1n) is 7.64. The number of hydrogen-bond acceptors (Lipinski definition) is 4. The number of nitrogens with zero attached hydrogens (tertiary/aromatic N) is 1. The number of Topliss-reactive ketones (excluding diaryl/α,β-unsaturated/α-hetero) is 1. The van der Waals surface area contributed by atoms with E-state index in [1.165, 1.54) is 0 Å². The van der Waals surface area contributed by atoms with E-state index in [9.17, 15) is 9.59 Å². The summed E-state index contributed by atoms with van der Waals surface area (Å²) in [5, 5.41) is 0. The molecule has 22 heavy (non-hydrogen) atoms. The molecule has 1 heterocycles. The molecule has 0 N–H and O–H groups in total. The van der Waals surface area contributed by atoms with E-state index in [-0.39, 0.29) is 30.5 Å². The van der Waals surface area contributed by atoms with Crippen molar-refractivity contribution in [1.82, 2.24) is 4.90 Å². The first kappa shape index (κ1) is 16.5. The number of carbonyl (C=O) groups is 2. The predicted octanol–water partition coefficient (Wildman–Crippen LogP) is 2.64. The second-order valence-electron chi connectivity index (χ2n) is 5.58. The van der Waals surface area contributed by atoms with E-state index in [0.29, 0.717) is 25.9 Å². The van der Waals surface area contributed by atoms with Crippen LogP contribution in [0.2, 0.25) is 0 Å². The summed E-state index contributed by atoms with van der Waals surface area (Å²) < 4.78 is 10.4. The quantitative estimate of drug-likeness (QED) is 0.839. The molecule has 0 aliphatic carbocycles. The largest absolute Gasteiger partial charge is 0.445 e. The first-order chi connectivity index (χ1) is 10.6. The van der Waals surface area contributed by atoms with E-state index in [1.807, 2.05) is 30.3 Å². The van der Waals surface area contributed by atoms with Gasteiger partial charge in [0.2, 0.25) is 0 Å². The van der Waals surface area contributed by atoms with Crippen LogP contribution < -0.4 is 0 Å². The zero-order chi connectivity index (χ0) is 15.9. The number of likely N-dealkylation sites (tertiary alicyclic amines) is 1. The Labute approximate surface area is 131 Å². The third-order valence-electron chi connectivity index (χ3n) is 4.11. The molecule has 0 radical (unpaired) electrons. The average Bonchev–Trinajstić information content (AvgIpc) is 2.59. The summed E-state index contributed by atoms with van der Waals surface area (Å²) in [5.74, 6) is 0.105. The van der Waals surface area contributed by atoms with Gasteiger partial charge in [-0.15, -0.1) is 0 Å². The van der Waals surface area contributed by atoms with Gasteiger partial charge in [-0.2, -0.15) is 0 Å². The molecule has 0 saturated carbocycles. The van der Waals surface area contributed by atoms with Gasteiger partial charge < -0.3 is 14.4 Å². The number of rotatable bonds is 5. The van der Waals surface area contributed by atoms with Crippen molar-refractivity contribution in [2.75, 3.05) is 20.2 Å². The predicted molar refractivity (Wildman–Crippen MR) is 82.4 cm³/mol. The normalized spacial score (nSPS) is 17.1. The molecular formula is C17H23NO4. The van der Waals surface area contributed by atoms with Crippen molar-refractivity contribution in [2.45, 2.75) is 32.5 Å². The summed E-state index contributed by atoms with van der Waals surface area (Å²) in [6.07, 6.45) is 0.663. The highest BCUT2D eigenvalue weighted by Gasteiger charge is 2.30. The van der Waals surface area contributed by atoms with Crippen molar-refractivity contribution in [3.05, 3.63) is 35.9 Å². The molecule has 5 heteroatoms. The number of piperidine rings is 1. The SMILES string of the molecule is COC(C)C(=O)C1CCN(C(=O)OCc2ccccc2)CC1. The van der Waals surface area contributed by atoms with Crippen LogP contribution in [0, 0.1) is 5.92 Å². The Hall–Kier alpha value is -1.88. The van der Waals surface area contributed by atoms with Crippen LogP contribution in [0.25, 0.3) is 0 Å². The lowest BCUT2D eigenvalue weighted by molar-refractivity contribution is -0.133. The highest BCUT2D eigenvalue weighted by atomic mass is 16.6. The number of ether oxygens (including phenoxy) is 2. The van der Waals surface area contributed by atoms with Gasteiger partial charge in [0.25, 0.3) is 0 Å². The summed E-state index contributed by atoms with van der Waals surface area (Å²) in [5.41, 5.74) is 0.967. The summed E-state index contributed by atoms with van der Waals surface area (Å²) in [6, 6.07) is 9.59. The van der Waals surface area contributed by atoms with Gasteiger partial charge >= 0.3 is 6.09 Å². The highest BCUT2D eigenvalue weighted by Crippen LogP contribution is 2.21. The van der Waals surface area contributed by atoms with Crippen LogP contribution in [0.1, 0.15) is 25.3 Å². The number of amides is 1. The summed E-state index contributed by atoms with van der Waals surface area (Å²) in [6.45, 7) is 3.16. The second-order valence-corrected chi connectivity index (χ2v) is 5.58. The first-order valence-corrected chi connectivity index (χ1v) is 7.64. The molecule has 0 spiro atoms. The minimum absolute atomic E-state index is 0.0203. The molecule has 2 rings (SSSR count). The Morgan fingerprint density at radius 2 is 1.86 bits per heavy atom. The van der Waals surface area contributed by atoms with Gasteiger partial charge in [-0.1, -0.05) is 30.3 Å². The molecule has 0 bridgehead atoms. The fourth-order valence-corrected chi connectivity index (χ4v) is 2.61. The number of methoxy groups -OCH3 is 1. The minimum Gasteiger partial charge on any atom is -0.445 e. The van der Waals surface area contributed by atoms with Crippen LogP contribution in [-0.2, 0) is 20.9 Å². The Morgan fingerprint density at radius 3 is 2.45 bits per heavy atom. The number of ketones is 1. The molecule has 1 aromatic rings. The number of benzene rings is 1. The molecule has 1 saturated heterocycles. The Balaban J connectivity index is 1.76. The van der Waals surface area contributed by atoms with E-state index in [4.69, 9.17) is 9.47 Å². The molecule has 1 aliphatic heterocycles. The van der Waals surface area contributed by atoms with Gasteiger partial charge in [0.15, 0.2) is 5.78 Å². The van der Waals surface area contributed by atoms with E-state index >= 15 is 0 Å². The lowest BCUT2D eigenvalue weighted by Crippen LogP contribution is -2.42. The topological polar surface area (TPSA) is 55.8 Å². The van der Waals surface area contributed by atoms with Gasteiger partial charge in [-0.05, 0) is 25.3 Å². The van der Waals surface area contributed by atoms with Gasteiger partial charge in [0.1, 0.15) is 12.7 Å². The number of hydrogen-bond donors (Lipinski definition) is 0. The standard InChI is InChI=1S/C17H23NO4/c1-13(21-2)16(19)15-8-10-18(11-9-15)17(20)22-12-14-6-4-3-5-7-14/h3-7,13,15H,8-12H2,1-2H3. The maximum atomic E-state index is 12.1. The van der Waals surface area contributed by atoms with Crippen molar-refractivity contribution in [2.24, 2.45) is 5.92 Å². The smallest absolute Gasteiger partial charge is 0.410 e. The Morgan fingerprint density at radius 1 is 1.23 bits per heavy atom. The monoisotopic (exact) mass is 305 g/mol. The van der Waals surface area contributed by atoms with Crippen molar-refractivity contribution >= 4 is 11.9 Å².